The average molecular weight is 339 g/mol. The van der Waals surface area contributed by atoms with Crippen molar-refractivity contribution < 1.29 is 4.74 Å². The highest BCUT2D eigenvalue weighted by Crippen LogP contribution is 2.25. The predicted molar refractivity (Wildman–Crippen MR) is 104 cm³/mol. The van der Waals surface area contributed by atoms with E-state index >= 15 is 0 Å². The molecule has 0 spiro atoms. The molecule has 2 fully saturated rings. The zero-order valence-corrected chi connectivity index (χ0v) is 17.2. The summed E-state index contributed by atoms with van der Waals surface area (Å²) < 4.78 is 6.45. The summed E-state index contributed by atoms with van der Waals surface area (Å²) in [5.41, 5.74) is 0.863. The molecule has 0 saturated carbocycles. The van der Waals surface area contributed by atoms with Gasteiger partial charge in [-0.25, -0.2) is 0 Å². The summed E-state index contributed by atoms with van der Waals surface area (Å²) in [6.07, 6.45) is 7.21. The number of nitrogens with zero attached hydrogens (tertiary/aromatic N) is 2. The molecule has 0 aromatic rings. The Hall–Kier alpha value is -0.120. The van der Waals surface area contributed by atoms with E-state index in [2.05, 4.69) is 51.3 Å². The molecule has 3 heteroatoms. The lowest BCUT2D eigenvalue weighted by atomic mass is 9.91. The van der Waals surface area contributed by atoms with E-state index in [4.69, 9.17) is 4.74 Å². The highest BCUT2D eigenvalue weighted by molar-refractivity contribution is 4.80. The molecule has 2 saturated heterocycles. The van der Waals surface area contributed by atoms with E-state index < -0.39 is 0 Å². The molecule has 0 aromatic heterocycles. The smallest absolute Gasteiger partial charge is 0.0603 e. The maximum absolute atomic E-state index is 6.45. The van der Waals surface area contributed by atoms with Gasteiger partial charge < -0.3 is 14.5 Å². The van der Waals surface area contributed by atoms with Crippen molar-refractivity contribution >= 4 is 0 Å². The van der Waals surface area contributed by atoms with Crippen molar-refractivity contribution in [2.45, 2.75) is 85.9 Å². The number of ether oxygens (including phenoxy) is 1. The molecular formula is C21H42N2O. The Balaban J connectivity index is 1.61. The molecule has 0 bridgehead atoms. The maximum atomic E-state index is 6.45. The number of likely N-dealkylation sites (tertiary alicyclic amines) is 2. The van der Waals surface area contributed by atoms with Crippen LogP contribution in [0.1, 0.15) is 73.6 Å². The van der Waals surface area contributed by atoms with Crippen molar-refractivity contribution in [1.29, 1.82) is 0 Å². The molecule has 2 heterocycles. The lowest BCUT2D eigenvalue weighted by Gasteiger charge is -2.39. The highest BCUT2D eigenvalue weighted by atomic mass is 16.5. The molecule has 2 aliphatic heterocycles. The average Bonchev–Trinajstić information content (AvgIpc) is 2.46. The van der Waals surface area contributed by atoms with Crippen LogP contribution < -0.4 is 0 Å². The first-order valence-corrected chi connectivity index (χ1v) is 10.2. The Labute approximate surface area is 151 Å². The second-order valence-corrected chi connectivity index (χ2v) is 10.5. The SMILES string of the molecule is CC(C)(C)CCN1CCC(OC2CCN(CC(C)(C)C)CC2)CC1. The number of hydrogen-bond acceptors (Lipinski definition) is 3. The third-order valence-electron chi connectivity index (χ3n) is 5.33. The van der Waals surface area contributed by atoms with Crippen LogP contribution in [0.25, 0.3) is 0 Å². The van der Waals surface area contributed by atoms with Gasteiger partial charge in [-0.1, -0.05) is 41.5 Å². The van der Waals surface area contributed by atoms with Gasteiger partial charge in [-0.2, -0.15) is 0 Å². The van der Waals surface area contributed by atoms with Gasteiger partial charge in [0, 0.05) is 32.7 Å². The summed E-state index contributed by atoms with van der Waals surface area (Å²) in [7, 11) is 0. The second kappa shape index (κ2) is 8.51. The second-order valence-electron chi connectivity index (χ2n) is 10.5. The van der Waals surface area contributed by atoms with Crippen molar-refractivity contribution in [3.05, 3.63) is 0 Å². The van der Waals surface area contributed by atoms with Gasteiger partial charge in [0.2, 0.25) is 0 Å². The Kier molecular flexibility index (Phi) is 7.16. The van der Waals surface area contributed by atoms with Crippen molar-refractivity contribution in [3.63, 3.8) is 0 Å². The van der Waals surface area contributed by atoms with E-state index in [1.54, 1.807) is 0 Å². The normalized spacial score (nSPS) is 23.8. The Bertz CT molecular complexity index is 353. The van der Waals surface area contributed by atoms with E-state index in [1.807, 2.05) is 0 Å². The molecule has 0 atom stereocenters. The van der Waals surface area contributed by atoms with Gasteiger partial charge in [-0.05, 0) is 49.5 Å². The summed E-state index contributed by atoms with van der Waals surface area (Å²) in [6.45, 7) is 21.4. The first kappa shape index (κ1) is 20.2. The van der Waals surface area contributed by atoms with Crippen LogP contribution in [0.5, 0.6) is 0 Å². The number of hydrogen-bond donors (Lipinski definition) is 0. The molecule has 0 radical (unpaired) electrons. The van der Waals surface area contributed by atoms with Crippen LogP contribution in [-0.4, -0.2) is 61.3 Å². The molecular weight excluding hydrogens is 296 g/mol. The predicted octanol–water partition coefficient (Wildman–Crippen LogP) is 4.41. The van der Waals surface area contributed by atoms with E-state index in [1.165, 1.54) is 71.4 Å². The van der Waals surface area contributed by atoms with Crippen LogP contribution in [0.3, 0.4) is 0 Å². The minimum atomic E-state index is 0.410. The van der Waals surface area contributed by atoms with E-state index in [9.17, 15) is 0 Å². The lowest BCUT2D eigenvalue weighted by Crippen LogP contribution is -2.44. The minimum Gasteiger partial charge on any atom is -0.375 e. The van der Waals surface area contributed by atoms with Crippen LogP contribution in [0.4, 0.5) is 0 Å². The Morgan fingerprint density at radius 1 is 0.708 bits per heavy atom. The van der Waals surface area contributed by atoms with Gasteiger partial charge in [-0.3, -0.25) is 0 Å². The van der Waals surface area contributed by atoms with Gasteiger partial charge in [0.25, 0.3) is 0 Å². The maximum Gasteiger partial charge on any atom is 0.0603 e. The first-order chi connectivity index (χ1) is 11.1. The van der Waals surface area contributed by atoms with Gasteiger partial charge in [0.1, 0.15) is 0 Å². The van der Waals surface area contributed by atoms with E-state index in [0.717, 1.165) is 0 Å². The molecule has 0 aromatic carbocycles. The molecule has 2 aliphatic rings. The van der Waals surface area contributed by atoms with Crippen LogP contribution in [-0.2, 0) is 4.74 Å². The molecule has 3 nitrogen and oxygen atoms in total. The van der Waals surface area contributed by atoms with Crippen LogP contribution >= 0.6 is 0 Å². The van der Waals surface area contributed by atoms with Gasteiger partial charge in [-0.15, -0.1) is 0 Å². The van der Waals surface area contributed by atoms with Crippen LogP contribution in [0, 0.1) is 10.8 Å². The minimum absolute atomic E-state index is 0.410. The molecule has 0 aliphatic carbocycles. The fourth-order valence-electron chi connectivity index (χ4n) is 3.91. The third kappa shape index (κ3) is 7.84. The first-order valence-electron chi connectivity index (χ1n) is 10.2. The molecule has 0 unspecified atom stereocenters. The van der Waals surface area contributed by atoms with Gasteiger partial charge >= 0.3 is 0 Å². The fraction of sp³-hybridized carbons (Fsp3) is 1.00. The monoisotopic (exact) mass is 338 g/mol. The molecule has 0 N–H and O–H groups in total. The largest absolute Gasteiger partial charge is 0.375 e. The Morgan fingerprint density at radius 2 is 1.17 bits per heavy atom. The molecule has 2 rings (SSSR count). The van der Waals surface area contributed by atoms with E-state index in [0.29, 0.717) is 23.0 Å². The zero-order chi connectivity index (χ0) is 17.8. The fourth-order valence-corrected chi connectivity index (χ4v) is 3.91. The zero-order valence-electron chi connectivity index (χ0n) is 17.2. The summed E-state index contributed by atoms with van der Waals surface area (Å²) in [5, 5.41) is 0. The number of rotatable bonds is 5. The summed E-state index contributed by atoms with van der Waals surface area (Å²) >= 11 is 0. The standard InChI is InChI=1S/C21H42N2O/c1-20(2,3)11-16-22-12-7-18(8-13-22)24-19-9-14-23(15-10-19)17-21(4,5)6/h18-19H,7-17H2,1-6H3. The quantitative estimate of drug-likeness (QED) is 0.738. The lowest BCUT2D eigenvalue weighted by molar-refractivity contribution is -0.0674. The van der Waals surface area contributed by atoms with Crippen molar-refractivity contribution in [2.24, 2.45) is 10.8 Å². The summed E-state index contributed by atoms with van der Waals surface area (Å²) in [6, 6.07) is 0. The van der Waals surface area contributed by atoms with E-state index in [-0.39, 0.29) is 0 Å². The third-order valence-corrected chi connectivity index (χ3v) is 5.33. The van der Waals surface area contributed by atoms with Crippen LogP contribution in [0.15, 0.2) is 0 Å². The van der Waals surface area contributed by atoms with Gasteiger partial charge in [0.15, 0.2) is 0 Å². The molecule has 0 amide bonds. The van der Waals surface area contributed by atoms with Crippen molar-refractivity contribution in [2.75, 3.05) is 39.3 Å². The molecule has 24 heavy (non-hydrogen) atoms. The van der Waals surface area contributed by atoms with Crippen LogP contribution in [0.2, 0.25) is 0 Å². The number of piperidine rings is 2. The molecule has 142 valence electrons. The van der Waals surface area contributed by atoms with Crippen molar-refractivity contribution in [3.8, 4) is 0 Å². The Morgan fingerprint density at radius 3 is 1.58 bits per heavy atom. The summed E-state index contributed by atoms with van der Waals surface area (Å²) in [4.78, 5) is 5.26. The van der Waals surface area contributed by atoms with Crippen molar-refractivity contribution in [1.82, 2.24) is 9.80 Å². The topological polar surface area (TPSA) is 15.7 Å². The summed E-state index contributed by atoms with van der Waals surface area (Å²) in [5.74, 6) is 0. The van der Waals surface area contributed by atoms with Gasteiger partial charge in [0.05, 0.1) is 12.2 Å². The highest BCUT2D eigenvalue weighted by Gasteiger charge is 2.27.